The van der Waals surface area contributed by atoms with Gasteiger partial charge in [0, 0.05) is 19.6 Å². The Morgan fingerprint density at radius 1 is 0.950 bits per heavy atom. The third kappa shape index (κ3) is 3.20. The van der Waals surface area contributed by atoms with Gasteiger partial charge in [0.05, 0.1) is 17.3 Å². The van der Waals surface area contributed by atoms with Crippen LogP contribution in [0.3, 0.4) is 0 Å². The maximum Gasteiger partial charge on any atom is 0.0807 e. The Labute approximate surface area is 123 Å². The highest BCUT2D eigenvalue weighted by molar-refractivity contribution is 4.94. The Morgan fingerprint density at radius 3 is 2.25 bits per heavy atom. The molecule has 1 unspecified atom stereocenters. The van der Waals surface area contributed by atoms with Crippen LogP contribution in [-0.4, -0.2) is 30.5 Å². The van der Waals surface area contributed by atoms with Gasteiger partial charge >= 0.3 is 0 Å². The molecule has 3 aliphatic rings. The van der Waals surface area contributed by atoms with Crippen LogP contribution in [0.2, 0.25) is 0 Å². The van der Waals surface area contributed by atoms with Gasteiger partial charge in [0.15, 0.2) is 0 Å². The van der Waals surface area contributed by atoms with Gasteiger partial charge in [-0.2, -0.15) is 0 Å². The lowest BCUT2D eigenvalue weighted by Gasteiger charge is -2.43. The van der Waals surface area contributed by atoms with E-state index in [-0.39, 0.29) is 11.2 Å². The van der Waals surface area contributed by atoms with Gasteiger partial charge in [-0.1, -0.05) is 38.5 Å². The standard InChI is InChI=1S/C17H31NO2/c18-14-17(10-3-1-2-4-11-17)20-15-7-12-19-16(13-15)8-5-6-9-16/h15H,1-14,18H2. The topological polar surface area (TPSA) is 44.5 Å². The molecule has 0 amide bonds. The lowest BCUT2D eigenvalue weighted by atomic mass is 9.88. The van der Waals surface area contributed by atoms with E-state index in [0.29, 0.717) is 12.6 Å². The van der Waals surface area contributed by atoms with E-state index in [1.807, 2.05) is 0 Å². The maximum absolute atomic E-state index is 6.63. The Kier molecular flexibility index (Phi) is 4.68. The summed E-state index contributed by atoms with van der Waals surface area (Å²) in [5.74, 6) is 0. The fourth-order valence-corrected chi connectivity index (χ4v) is 4.55. The van der Waals surface area contributed by atoms with Gasteiger partial charge in [-0.25, -0.2) is 0 Å². The lowest BCUT2D eigenvalue weighted by molar-refractivity contribution is -0.174. The molecule has 2 N–H and O–H groups in total. The lowest BCUT2D eigenvalue weighted by Crippen LogP contribution is -2.48. The molecule has 20 heavy (non-hydrogen) atoms. The molecule has 0 aromatic rings. The van der Waals surface area contributed by atoms with Crippen molar-refractivity contribution in [2.24, 2.45) is 5.73 Å². The van der Waals surface area contributed by atoms with Gasteiger partial charge in [0.2, 0.25) is 0 Å². The summed E-state index contributed by atoms with van der Waals surface area (Å²) in [5, 5.41) is 0. The van der Waals surface area contributed by atoms with Crippen LogP contribution in [0.4, 0.5) is 0 Å². The highest BCUT2D eigenvalue weighted by Crippen LogP contribution is 2.42. The normalized spacial score (nSPS) is 33.1. The van der Waals surface area contributed by atoms with Crippen molar-refractivity contribution >= 4 is 0 Å². The van der Waals surface area contributed by atoms with E-state index in [1.54, 1.807) is 0 Å². The molecule has 1 saturated heterocycles. The summed E-state index contributed by atoms with van der Waals surface area (Å²) in [6, 6.07) is 0. The van der Waals surface area contributed by atoms with Crippen LogP contribution in [0.5, 0.6) is 0 Å². The molecule has 3 heteroatoms. The van der Waals surface area contributed by atoms with Crippen LogP contribution < -0.4 is 5.73 Å². The molecule has 3 rings (SSSR count). The zero-order valence-electron chi connectivity index (χ0n) is 12.9. The fourth-order valence-electron chi connectivity index (χ4n) is 4.55. The number of nitrogens with two attached hydrogens (primary N) is 1. The van der Waals surface area contributed by atoms with Crippen LogP contribution in [0.25, 0.3) is 0 Å². The summed E-state index contributed by atoms with van der Waals surface area (Å²) < 4.78 is 12.8. The molecule has 2 saturated carbocycles. The molecule has 1 aliphatic heterocycles. The smallest absolute Gasteiger partial charge is 0.0807 e. The van der Waals surface area contributed by atoms with Crippen molar-refractivity contribution in [1.29, 1.82) is 0 Å². The summed E-state index contributed by atoms with van der Waals surface area (Å²) in [6.07, 6.45) is 15.3. The first kappa shape index (κ1) is 14.8. The summed E-state index contributed by atoms with van der Waals surface area (Å²) in [5.41, 5.74) is 6.24. The van der Waals surface area contributed by atoms with Crippen LogP contribution in [0.15, 0.2) is 0 Å². The predicted molar refractivity (Wildman–Crippen MR) is 80.7 cm³/mol. The van der Waals surface area contributed by atoms with E-state index in [1.165, 1.54) is 51.4 Å². The van der Waals surface area contributed by atoms with Crippen molar-refractivity contribution in [2.75, 3.05) is 13.2 Å². The SMILES string of the molecule is NCC1(OC2CCOC3(CCCC3)C2)CCCCCC1. The Morgan fingerprint density at radius 2 is 1.60 bits per heavy atom. The molecule has 116 valence electrons. The average molecular weight is 281 g/mol. The van der Waals surface area contributed by atoms with Crippen molar-refractivity contribution in [3.63, 3.8) is 0 Å². The molecule has 0 radical (unpaired) electrons. The number of hydrogen-bond acceptors (Lipinski definition) is 3. The second-order valence-electron chi connectivity index (χ2n) is 7.27. The Balaban J connectivity index is 1.62. The van der Waals surface area contributed by atoms with Crippen molar-refractivity contribution in [3.05, 3.63) is 0 Å². The zero-order valence-corrected chi connectivity index (χ0v) is 12.9. The molecular weight excluding hydrogens is 250 g/mol. The Bertz CT molecular complexity index is 304. The van der Waals surface area contributed by atoms with E-state index in [0.717, 1.165) is 32.3 Å². The number of hydrogen-bond donors (Lipinski definition) is 1. The largest absolute Gasteiger partial charge is 0.375 e. The highest BCUT2D eigenvalue weighted by atomic mass is 16.5. The van der Waals surface area contributed by atoms with Gasteiger partial charge in [-0.3, -0.25) is 0 Å². The van der Waals surface area contributed by atoms with Crippen LogP contribution in [-0.2, 0) is 9.47 Å². The summed E-state index contributed by atoms with van der Waals surface area (Å²) >= 11 is 0. The molecule has 2 aliphatic carbocycles. The molecule has 3 fully saturated rings. The van der Waals surface area contributed by atoms with E-state index >= 15 is 0 Å². The summed E-state index contributed by atoms with van der Waals surface area (Å²) in [6.45, 7) is 1.57. The second kappa shape index (κ2) is 6.33. The predicted octanol–water partition coefficient (Wildman–Crippen LogP) is 3.55. The first-order valence-electron chi connectivity index (χ1n) is 8.78. The molecule has 3 nitrogen and oxygen atoms in total. The van der Waals surface area contributed by atoms with Gasteiger partial charge < -0.3 is 15.2 Å². The summed E-state index contributed by atoms with van der Waals surface area (Å²) in [7, 11) is 0. The van der Waals surface area contributed by atoms with E-state index in [4.69, 9.17) is 15.2 Å². The first-order valence-corrected chi connectivity index (χ1v) is 8.78. The number of rotatable bonds is 3. The zero-order chi connectivity index (χ0) is 13.9. The molecule has 1 spiro atoms. The highest BCUT2D eigenvalue weighted by Gasteiger charge is 2.43. The van der Waals surface area contributed by atoms with Crippen LogP contribution in [0.1, 0.15) is 77.0 Å². The third-order valence-electron chi connectivity index (χ3n) is 5.77. The van der Waals surface area contributed by atoms with Crippen LogP contribution >= 0.6 is 0 Å². The molecule has 1 atom stereocenters. The van der Waals surface area contributed by atoms with Gasteiger partial charge in [0.1, 0.15) is 0 Å². The molecule has 0 bridgehead atoms. The third-order valence-corrected chi connectivity index (χ3v) is 5.77. The molecule has 0 aromatic carbocycles. The molecular formula is C17H31NO2. The van der Waals surface area contributed by atoms with Crippen molar-refractivity contribution in [1.82, 2.24) is 0 Å². The Hall–Kier alpha value is -0.120. The van der Waals surface area contributed by atoms with E-state index in [9.17, 15) is 0 Å². The van der Waals surface area contributed by atoms with Gasteiger partial charge in [0.25, 0.3) is 0 Å². The van der Waals surface area contributed by atoms with Crippen molar-refractivity contribution in [2.45, 2.75) is 94.4 Å². The summed E-state index contributed by atoms with van der Waals surface area (Å²) in [4.78, 5) is 0. The minimum absolute atomic E-state index is 0.0295. The quantitative estimate of drug-likeness (QED) is 0.805. The van der Waals surface area contributed by atoms with E-state index in [2.05, 4.69) is 0 Å². The minimum atomic E-state index is -0.0295. The van der Waals surface area contributed by atoms with Gasteiger partial charge in [-0.15, -0.1) is 0 Å². The molecule has 0 aromatic heterocycles. The van der Waals surface area contributed by atoms with E-state index < -0.39 is 0 Å². The van der Waals surface area contributed by atoms with Crippen molar-refractivity contribution in [3.8, 4) is 0 Å². The maximum atomic E-state index is 6.63. The minimum Gasteiger partial charge on any atom is -0.375 e. The number of ether oxygens (including phenoxy) is 2. The monoisotopic (exact) mass is 281 g/mol. The first-order chi connectivity index (χ1) is 9.76. The van der Waals surface area contributed by atoms with Crippen molar-refractivity contribution < 1.29 is 9.47 Å². The fraction of sp³-hybridized carbons (Fsp3) is 1.00. The average Bonchev–Trinajstić information content (AvgIpc) is 2.77. The van der Waals surface area contributed by atoms with Crippen LogP contribution in [0, 0.1) is 0 Å². The second-order valence-corrected chi connectivity index (χ2v) is 7.27. The van der Waals surface area contributed by atoms with Gasteiger partial charge in [-0.05, 0) is 32.1 Å². The molecule has 1 heterocycles.